The van der Waals surface area contributed by atoms with Gasteiger partial charge >= 0.3 is 0 Å². The summed E-state index contributed by atoms with van der Waals surface area (Å²) < 4.78 is 30.0. The Balaban J connectivity index is 1.97. The highest BCUT2D eigenvalue weighted by Gasteiger charge is 2.55. The van der Waals surface area contributed by atoms with E-state index in [4.69, 9.17) is 17.7 Å². The van der Waals surface area contributed by atoms with Gasteiger partial charge in [-0.25, -0.2) is 9.97 Å². The van der Waals surface area contributed by atoms with Crippen molar-refractivity contribution in [1.29, 1.82) is 0 Å². The topological polar surface area (TPSA) is 107 Å². The Morgan fingerprint density at radius 1 is 0.673 bits per heavy atom. The number of unbranched alkanes of at least 4 members (excludes halogenated alkanes) is 3. The van der Waals surface area contributed by atoms with Crippen molar-refractivity contribution < 1.29 is 17.7 Å². The fraction of sp³-hybridized carbons (Fsp3) is 0.878. The summed E-state index contributed by atoms with van der Waals surface area (Å²) >= 11 is 0. The van der Waals surface area contributed by atoms with E-state index < -0.39 is 33.3 Å². The molecule has 4 atom stereocenters. The van der Waals surface area contributed by atoms with Crippen LogP contribution in [0.5, 0.6) is 0 Å². The molecule has 55 heavy (non-hydrogen) atoms. The minimum atomic E-state index is -2.26. The summed E-state index contributed by atoms with van der Waals surface area (Å²) in [7, 11) is -8.74. The van der Waals surface area contributed by atoms with Crippen LogP contribution in [0.15, 0.2) is 12.5 Å². The van der Waals surface area contributed by atoms with Crippen molar-refractivity contribution in [2.24, 2.45) is 0 Å². The van der Waals surface area contributed by atoms with Gasteiger partial charge in [-0.05, 0) is 91.9 Å². The van der Waals surface area contributed by atoms with E-state index in [1.807, 2.05) is 0 Å². The Morgan fingerprint density at radius 2 is 1.18 bits per heavy atom. The van der Waals surface area contributed by atoms with Gasteiger partial charge in [0.25, 0.3) is 0 Å². The number of likely N-dealkylation sites (tertiary alicyclic amines) is 1. The Hall–Kier alpha value is -0.982. The molecule has 0 spiro atoms. The average molecular weight is 838 g/mol. The third-order valence-corrected chi connectivity index (χ3v) is 31.9. The lowest BCUT2D eigenvalue weighted by Crippen LogP contribution is -2.70. The second kappa shape index (κ2) is 17.7. The van der Waals surface area contributed by atoms with Crippen LogP contribution < -0.4 is 5.32 Å². The van der Waals surface area contributed by atoms with E-state index in [2.05, 4.69) is 166 Å². The monoisotopic (exact) mass is 837 g/mol. The molecule has 3 heterocycles. The molecule has 0 radical (unpaired) electrons. The smallest absolute Gasteiger partial charge is 0.224 e. The van der Waals surface area contributed by atoms with E-state index >= 15 is 0 Å². The molecule has 2 aromatic rings. The number of aromatic amines is 1. The maximum Gasteiger partial charge on any atom is 0.224 e. The third kappa shape index (κ3) is 12.5. The molecule has 0 aliphatic carbocycles. The van der Waals surface area contributed by atoms with Crippen molar-refractivity contribution in [2.75, 3.05) is 31.6 Å². The number of fused-ring (bicyclic) bond motifs is 1. The van der Waals surface area contributed by atoms with Crippen molar-refractivity contribution in [3.8, 4) is 0 Å². The molecule has 1 aliphatic rings. The molecule has 0 bridgehead atoms. The van der Waals surface area contributed by atoms with Gasteiger partial charge in [0, 0.05) is 13.1 Å². The Kier molecular flexibility index (Phi) is 15.6. The lowest BCUT2D eigenvalue weighted by Gasteiger charge is -2.56. The summed E-state index contributed by atoms with van der Waals surface area (Å²) in [6, 6.07) is 0.0630. The average Bonchev–Trinajstić information content (AvgIpc) is 3.47. The minimum Gasteiger partial charge on any atom is -0.415 e. The van der Waals surface area contributed by atoms with Crippen molar-refractivity contribution in [3.63, 3.8) is 0 Å². The van der Waals surface area contributed by atoms with Gasteiger partial charge in [-0.1, -0.05) is 95.9 Å². The van der Waals surface area contributed by atoms with Crippen LogP contribution in [0.3, 0.4) is 0 Å². The second-order valence-electron chi connectivity index (χ2n) is 22.4. The fourth-order valence-electron chi connectivity index (χ4n) is 5.87. The maximum absolute atomic E-state index is 7.70. The highest BCUT2D eigenvalue weighted by molar-refractivity contribution is 6.75. The van der Waals surface area contributed by atoms with Crippen LogP contribution in [0.4, 0.5) is 5.95 Å². The molecule has 0 amide bonds. The Morgan fingerprint density at radius 3 is 1.73 bits per heavy atom. The van der Waals surface area contributed by atoms with Gasteiger partial charge in [0.1, 0.15) is 5.52 Å². The predicted molar refractivity (Wildman–Crippen MR) is 243 cm³/mol. The molecule has 0 saturated carbocycles. The first-order chi connectivity index (χ1) is 24.8. The van der Waals surface area contributed by atoms with Gasteiger partial charge in [0.05, 0.1) is 43.5 Å². The molecule has 2 aromatic heterocycles. The number of anilines is 1. The lowest BCUT2D eigenvalue weighted by atomic mass is 9.94. The van der Waals surface area contributed by atoms with Gasteiger partial charge in [-0.2, -0.15) is 4.98 Å². The normalized spacial score (nSPS) is 21.7. The summed E-state index contributed by atoms with van der Waals surface area (Å²) in [6.07, 6.45) is 7.41. The zero-order valence-corrected chi connectivity index (χ0v) is 43.0. The molecule has 2 N–H and O–H groups in total. The number of piperidine rings is 1. The predicted octanol–water partition coefficient (Wildman–Crippen LogP) is 11.2. The molecule has 14 heteroatoms. The van der Waals surface area contributed by atoms with Crippen LogP contribution in [0, 0.1) is 0 Å². The highest BCUT2D eigenvalue weighted by atomic mass is 28.4. The summed E-state index contributed by atoms with van der Waals surface area (Å²) in [5.41, 5.74) is 1.54. The summed E-state index contributed by atoms with van der Waals surface area (Å²) in [6.45, 7) is 50.5. The van der Waals surface area contributed by atoms with Gasteiger partial charge in [-0.3, -0.25) is 4.90 Å². The number of imidazole rings is 1. The summed E-state index contributed by atoms with van der Waals surface area (Å²) in [5.74, 6) is 0.632. The zero-order chi connectivity index (χ0) is 42.1. The molecule has 10 nitrogen and oxygen atoms in total. The number of nitrogens with zero attached hydrogens (tertiary/aromatic N) is 4. The summed E-state index contributed by atoms with van der Waals surface area (Å²) in [4.78, 5) is 19.0. The lowest BCUT2D eigenvalue weighted by molar-refractivity contribution is -0.128. The van der Waals surface area contributed by atoms with Gasteiger partial charge < -0.3 is 28.0 Å². The fourth-order valence-corrected chi connectivity index (χ4v) is 10.9. The van der Waals surface area contributed by atoms with Crippen LogP contribution in [0.25, 0.3) is 11.2 Å². The molecule has 1 aliphatic heterocycles. The van der Waals surface area contributed by atoms with E-state index in [9.17, 15) is 0 Å². The second-order valence-corrected chi connectivity index (χ2v) is 41.5. The van der Waals surface area contributed by atoms with Crippen molar-refractivity contribution >= 4 is 50.4 Å². The maximum atomic E-state index is 7.70. The highest BCUT2D eigenvalue weighted by Crippen LogP contribution is 2.46. The van der Waals surface area contributed by atoms with Crippen LogP contribution in [-0.2, 0) is 17.7 Å². The van der Waals surface area contributed by atoms with Gasteiger partial charge in [-0.15, -0.1) is 0 Å². The summed E-state index contributed by atoms with van der Waals surface area (Å²) in [5, 5.41) is 3.66. The molecular weight excluding hydrogens is 753 g/mol. The van der Waals surface area contributed by atoms with Gasteiger partial charge in [0.2, 0.25) is 5.95 Å². The molecule has 1 fully saturated rings. The van der Waals surface area contributed by atoms with Crippen molar-refractivity contribution in [3.05, 3.63) is 12.5 Å². The number of rotatable bonds is 17. The minimum absolute atomic E-state index is 0.0421. The molecule has 3 unspecified atom stereocenters. The quantitative estimate of drug-likeness (QED) is 0.119. The Labute approximate surface area is 341 Å². The van der Waals surface area contributed by atoms with E-state index in [0.29, 0.717) is 18.2 Å². The SMILES string of the molecule is CC(C)(C)[Si](C)(C)OC[C@@H]1C(O[Si](C)(C)C(C)(C)C)C(O[Si](C)(C)C(C)(C)C)C(O[Si](C)(C)C(C)(C)C)CN1CCCCCCNc1ncc2[nH]cnc2n1. The first-order valence-corrected chi connectivity index (χ1v) is 32.7. The first kappa shape index (κ1) is 48.4. The van der Waals surface area contributed by atoms with Crippen LogP contribution in [0.1, 0.15) is 109 Å². The first-order valence-electron chi connectivity index (χ1n) is 21.1. The molecule has 3 rings (SSSR count). The number of aromatic nitrogens is 4. The standard InChI is InChI=1S/C41H84N6O4Si4/c1-38(2,3)52(13,14)48-29-32-34(50-54(17,18)40(7,8)9)35(51-55(19,20)41(10,11)12)33(49-53(15,16)39(4,5)6)28-47(32)26-24-22-21-23-25-42-37-43-27-31-36(46-37)45-30-44-31/h27,30,32-35H,21-26,28-29H2,1-20H3,(H2,42,43,44,45,46)/t32-,33?,34?,35?/m1/s1. The van der Waals surface area contributed by atoms with Crippen molar-refractivity contribution in [1.82, 2.24) is 24.8 Å². The zero-order valence-electron chi connectivity index (χ0n) is 39.0. The molecular formula is C41H84N6O4Si4. The largest absolute Gasteiger partial charge is 0.415 e. The number of H-pyrrole nitrogens is 1. The van der Waals surface area contributed by atoms with Crippen LogP contribution in [-0.4, -0.2) is 109 Å². The van der Waals surface area contributed by atoms with Gasteiger partial charge in [0.15, 0.2) is 38.9 Å². The van der Waals surface area contributed by atoms with E-state index in [0.717, 1.165) is 50.8 Å². The number of hydrogen-bond acceptors (Lipinski definition) is 9. The van der Waals surface area contributed by atoms with Crippen LogP contribution >= 0.6 is 0 Å². The van der Waals surface area contributed by atoms with E-state index in [-0.39, 0.29) is 44.5 Å². The van der Waals surface area contributed by atoms with Crippen molar-refractivity contribution in [2.45, 2.75) is 206 Å². The number of nitrogens with one attached hydrogen (secondary N) is 2. The molecule has 318 valence electrons. The van der Waals surface area contributed by atoms with Crippen LogP contribution in [0.2, 0.25) is 72.5 Å². The third-order valence-electron chi connectivity index (χ3n) is 13.9. The van der Waals surface area contributed by atoms with E-state index in [1.54, 1.807) is 12.5 Å². The molecule has 1 saturated heterocycles. The number of hydrogen-bond donors (Lipinski definition) is 2. The molecule has 0 aromatic carbocycles. The Bertz CT molecular complexity index is 1510. The van der Waals surface area contributed by atoms with E-state index in [1.165, 1.54) is 0 Å².